The molecule has 0 aliphatic heterocycles. The number of carboxylic acid groups (broad SMARTS) is 1. The van der Waals surface area contributed by atoms with Gasteiger partial charge in [-0.1, -0.05) is 22.0 Å². The lowest BCUT2D eigenvalue weighted by Gasteiger charge is -2.23. The number of hydrogen-bond donors (Lipinski definition) is 1. The number of halogens is 1. The number of benzene rings is 1. The summed E-state index contributed by atoms with van der Waals surface area (Å²) in [4.78, 5) is 24.1. The number of aliphatic carboxylic acids is 1. The van der Waals surface area contributed by atoms with Crippen LogP contribution in [0.2, 0.25) is 0 Å². The van der Waals surface area contributed by atoms with Crippen molar-refractivity contribution in [3.05, 3.63) is 27.2 Å². The zero-order valence-corrected chi connectivity index (χ0v) is 13.2. The number of hydrogen-bond acceptors (Lipinski definition) is 2. The van der Waals surface area contributed by atoms with Crippen LogP contribution >= 0.6 is 15.9 Å². The van der Waals surface area contributed by atoms with Gasteiger partial charge in [-0.3, -0.25) is 9.59 Å². The normalized spacial score (nSPS) is 10.4. The van der Waals surface area contributed by atoms with Gasteiger partial charge in [-0.25, -0.2) is 0 Å². The summed E-state index contributed by atoms with van der Waals surface area (Å²) in [7, 11) is 1.68. The van der Waals surface area contributed by atoms with Gasteiger partial charge < -0.3 is 10.0 Å². The van der Waals surface area contributed by atoms with Gasteiger partial charge in [0.05, 0.1) is 12.1 Å². The molecule has 1 aromatic rings. The van der Waals surface area contributed by atoms with Crippen molar-refractivity contribution in [3.63, 3.8) is 0 Å². The van der Waals surface area contributed by atoms with Gasteiger partial charge in [0.2, 0.25) is 5.91 Å². The number of carbonyl (C=O) groups excluding carboxylic acids is 1. The second kappa shape index (κ2) is 6.19. The molecule has 0 heterocycles. The van der Waals surface area contributed by atoms with Gasteiger partial charge in [0.1, 0.15) is 0 Å². The van der Waals surface area contributed by atoms with Crippen LogP contribution in [-0.4, -0.2) is 24.0 Å². The van der Waals surface area contributed by atoms with Crippen LogP contribution in [0.1, 0.15) is 29.5 Å². The van der Waals surface area contributed by atoms with E-state index in [9.17, 15) is 9.59 Å². The largest absolute Gasteiger partial charge is 0.481 e. The summed E-state index contributed by atoms with van der Waals surface area (Å²) in [5, 5.41) is 8.63. The van der Waals surface area contributed by atoms with Crippen LogP contribution in [-0.2, 0) is 9.59 Å². The molecule has 4 nitrogen and oxygen atoms in total. The first-order valence-electron chi connectivity index (χ1n) is 6.00. The molecule has 0 bridgehead atoms. The van der Waals surface area contributed by atoms with Crippen molar-refractivity contribution in [2.45, 2.75) is 33.6 Å². The molecule has 0 aromatic heterocycles. The van der Waals surface area contributed by atoms with Crippen molar-refractivity contribution < 1.29 is 14.7 Å². The minimum Gasteiger partial charge on any atom is -0.481 e. The van der Waals surface area contributed by atoms with Crippen molar-refractivity contribution in [2.75, 3.05) is 11.9 Å². The Bertz CT molecular complexity index is 526. The topological polar surface area (TPSA) is 57.6 Å². The van der Waals surface area contributed by atoms with E-state index < -0.39 is 5.97 Å². The van der Waals surface area contributed by atoms with Crippen LogP contribution in [0.3, 0.4) is 0 Å². The molecule has 0 saturated carbocycles. The van der Waals surface area contributed by atoms with E-state index in [1.165, 1.54) is 4.90 Å². The lowest BCUT2D eigenvalue weighted by atomic mass is 10.0. The molecule has 0 atom stereocenters. The Morgan fingerprint density at radius 3 is 2.32 bits per heavy atom. The average molecular weight is 328 g/mol. The number of amides is 1. The highest BCUT2D eigenvalue weighted by Gasteiger charge is 2.18. The fourth-order valence-corrected chi connectivity index (χ4v) is 2.48. The van der Waals surface area contributed by atoms with Gasteiger partial charge in [0.15, 0.2) is 0 Å². The Hall–Kier alpha value is -1.36. The molecule has 0 saturated heterocycles. The van der Waals surface area contributed by atoms with Crippen LogP contribution in [0.15, 0.2) is 10.5 Å². The third-order valence-corrected chi connectivity index (χ3v) is 4.32. The lowest BCUT2D eigenvalue weighted by Crippen LogP contribution is -2.28. The minimum atomic E-state index is -0.958. The summed E-state index contributed by atoms with van der Waals surface area (Å²) in [6.07, 6.45) is -0.134. The van der Waals surface area contributed by atoms with Crippen LogP contribution in [0.25, 0.3) is 0 Å². The van der Waals surface area contributed by atoms with Crippen LogP contribution in [0.4, 0.5) is 5.69 Å². The highest BCUT2D eigenvalue weighted by molar-refractivity contribution is 9.10. The van der Waals surface area contributed by atoms with E-state index in [2.05, 4.69) is 15.9 Å². The summed E-state index contributed by atoms with van der Waals surface area (Å²) in [5.74, 6) is -1.15. The fourth-order valence-electron chi connectivity index (χ4n) is 2.17. The molecule has 0 radical (unpaired) electrons. The van der Waals surface area contributed by atoms with Gasteiger partial charge in [0.25, 0.3) is 0 Å². The maximum absolute atomic E-state index is 12.0. The van der Waals surface area contributed by atoms with Crippen molar-refractivity contribution in [1.82, 2.24) is 0 Å². The Balaban J connectivity index is 3.06. The van der Waals surface area contributed by atoms with E-state index in [1.54, 1.807) is 7.05 Å². The Labute approximate surface area is 121 Å². The van der Waals surface area contributed by atoms with E-state index in [1.807, 2.05) is 26.8 Å². The third kappa shape index (κ3) is 3.56. The Morgan fingerprint density at radius 1 is 1.21 bits per heavy atom. The van der Waals surface area contributed by atoms with E-state index >= 15 is 0 Å². The number of carboxylic acids is 1. The summed E-state index contributed by atoms with van der Waals surface area (Å²) >= 11 is 3.51. The second-order valence-corrected chi connectivity index (χ2v) is 5.44. The van der Waals surface area contributed by atoms with Crippen molar-refractivity contribution in [3.8, 4) is 0 Å². The summed E-state index contributed by atoms with van der Waals surface area (Å²) in [5.41, 5.74) is 3.95. The SMILES string of the molecule is Cc1cc(C)c(N(C)C(=O)CCC(=O)O)c(C)c1Br. The number of rotatable bonds is 4. The molecule has 1 amide bonds. The van der Waals surface area contributed by atoms with Crippen molar-refractivity contribution in [2.24, 2.45) is 0 Å². The third-order valence-electron chi connectivity index (χ3n) is 3.10. The molecule has 0 aliphatic carbocycles. The standard InChI is InChI=1S/C14H18BrNO3/c1-8-7-9(2)14(10(3)13(8)15)16(4)11(17)5-6-12(18)19/h7H,5-6H2,1-4H3,(H,18,19). The first kappa shape index (κ1) is 15.7. The molecule has 1 aromatic carbocycles. The molecule has 0 fully saturated rings. The molecule has 0 aliphatic rings. The molecular formula is C14H18BrNO3. The predicted octanol–water partition coefficient (Wildman–Crippen LogP) is 3.20. The molecule has 1 N–H and O–H groups in total. The van der Waals surface area contributed by atoms with Crippen LogP contribution in [0, 0.1) is 20.8 Å². The molecule has 5 heteroatoms. The van der Waals surface area contributed by atoms with E-state index in [4.69, 9.17) is 5.11 Å². The monoisotopic (exact) mass is 327 g/mol. The molecule has 19 heavy (non-hydrogen) atoms. The van der Waals surface area contributed by atoms with Gasteiger partial charge in [0, 0.05) is 17.9 Å². The van der Waals surface area contributed by atoms with Crippen LogP contribution < -0.4 is 4.90 Å². The first-order valence-corrected chi connectivity index (χ1v) is 6.79. The molecular weight excluding hydrogens is 310 g/mol. The number of anilines is 1. The molecule has 104 valence electrons. The van der Waals surface area contributed by atoms with Crippen LogP contribution in [0.5, 0.6) is 0 Å². The number of aryl methyl sites for hydroxylation is 2. The zero-order valence-electron chi connectivity index (χ0n) is 11.6. The Morgan fingerprint density at radius 2 is 1.79 bits per heavy atom. The molecule has 0 spiro atoms. The van der Waals surface area contributed by atoms with Crippen molar-refractivity contribution in [1.29, 1.82) is 0 Å². The number of nitrogens with zero attached hydrogens (tertiary/aromatic N) is 1. The highest BCUT2D eigenvalue weighted by Crippen LogP contribution is 2.33. The van der Waals surface area contributed by atoms with Gasteiger partial charge in [-0.05, 0) is 37.5 Å². The minimum absolute atomic E-state index is 0.0101. The molecule has 1 rings (SSSR count). The predicted molar refractivity (Wildman–Crippen MR) is 78.6 cm³/mol. The maximum Gasteiger partial charge on any atom is 0.303 e. The lowest BCUT2D eigenvalue weighted by molar-refractivity contribution is -0.138. The maximum atomic E-state index is 12.0. The van der Waals surface area contributed by atoms with Gasteiger partial charge in [-0.15, -0.1) is 0 Å². The highest BCUT2D eigenvalue weighted by atomic mass is 79.9. The summed E-state index contributed by atoms with van der Waals surface area (Å²) < 4.78 is 0.978. The Kier molecular flexibility index (Phi) is 5.11. The quantitative estimate of drug-likeness (QED) is 0.923. The summed E-state index contributed by atoms with van der Waals surface area (Å²) in [6, 6.07) is 2.01. The van der Waals surface area contributed by atoms with Gasteiger partial charge in [-0.2, -0.15) is 0 Å². The van der Waals surface area contributed by atoms with Gasteiger partial charge >= 0.3 is 5.97 Å². The van der Waals surface area contributed by atoms with Crippen molar-refractivity contribution >= 4 is 33.5 Å². The molecule has 0 unspecified atom stereocenters. The second-order valence-electron chi connectivity index (χ2n) is 4.64. The van der Waals surface area contributed by atoms with E-state index in [-0.39, 0.29) is 18.7 Å². The first-order chi connectivity index (χ1) is 8.75. The van der Waals surface area contributed by atoms with E-state index in [0.29, 0.717) is 0 Å². The average Bonchev–Trinajstić information content (AvgIpc) is 2.32. The fraction of sp³-hybridized carbons (Fsp3) is 0.429. The van der Waals surface area contributed by atoms with E-state index in [0.717, 1.165) is 26.9 Å². The zero-order chi connectivity index (χ0) is 14.7. The number of carbonyl (C=O) groups is 2. The smallest absolute Gasteiger partial charge is 0.303 e. The summed E-state index contributed by atoms with van der Waals surface area (Å²) in [6.45, 7) is 5.89.